The van der Waals surface area contributed by atoms with Crippen molar-refractivity contribution in [3.05, 3.63) is 41.5 Å². The van der Waals surface area contributed by atoms with E-state index in [4.69, 9.17) is 16.6 Å². The first-order valence-electron chi connectivity index (χ1n) is 15.6. The van der Waals surface area contributed by atoms with Crippen molar-refractivity contribution in [1.82, 2.24) is 20.9 Å². The Morgan fingerprint density at radius 2 is 1.74 bits per heavy atom. The number of Topliss-reactive ketones (excluding diaryl/α,β-unsaturated/α-hetero) is 1. The number of nitrogens with zero attached hydrogens (tertiary/aromatic N) is 1. The number of nitrogens with one attached hydrogen (secondary N) is 3. The molecule has 1 aliphatic heterocycles. The molecule has 1 aromatic carbocycles. The molecule has 1 aromatic rings. The second kappa shape index (κ2) is 17.1. The topological polar surface area (TPSA) is 231 Å². The molecule has 14 nitrogen and oxygen atoms in total. The summed E-state index contributed by atoms with van der Waals surface area (Å²) in [4.78, 5) is 88.8. The lowest BCUT2D eigenvalue weighted by Gasteiger charge is -2.37. The van der Waals surface area contributed by atoms with E-state index in [1.807, 2.05) is 30.3 Å². The minimum atomic E-state index is -1.13. The summed E-state index contributed by atoms with van der Waals surface area (Å²) in [5, 5.41) is 16.9. The highest BCUT2D eigenvalue weighted by atomic mass is 16.4. The van der Waals surface area contributed by atoms with E-state index in [1.54, 1.807) is 0 Å². The highest BCUT2D eigenvalue weighted by molar-refractivity contribution is 5.97. The lowest BCUT2D eigenvalue weighted by molar-refractivity contribution is -0.146. The highest BCUT2D eigenvalue weighted by Gasteiger charge is 2.38. The standard InChI is InChI=1S/C32H44N6O8/c1-19(39)36-24(13-14-28(41)42)31(45)38-16-5-4-10-26(38)30(44)37-25(17-21-12-11-20-7-2-3-9-23(20)21)27(40)18-22(29(33)43)8-6-15-35-32(34)46/h2-3,7,9,12,22,24-26H,4-6,8,10-11,13-18H2,1H3,(H2,33,43)(H,36,39)(H,37,44)(H,41,42)(H3,34,35,46)/t22-,24+,25+,26+/m1/s1. The summed E-state index contributed by atoms with van der Waals surface area (Å²) < 4.78 is 0. The van der Waals surface area contributed by atoms with E-state index in [0.29, 0.717) is 32.1 Å². The van der Waals surface area contributed by atoms with Gasteiger partial charge in [0.2, 0.25) is 23.6 Å². The molecule has 0 aromatic heterocycles. The Balaban J connectivity index is 1.82. The van der Waals surface area contributed by atoms with Crippen molar-refractivity contribution >= 4 is 47.0 Å². The summed E-state index contributed by atoms with van der Waals surface area (Å²) in [5.74, 6) is -4.68. The Hall–Kier alpha value is -4.75. The Morgan fingerprint density at radius 3 is 2.41 bits per heavy atom. The number of nitrogens with two attached hydrogens (primary N) is 2. The van der Waals surface area contributed by atoms with Gasteiger partial charge >= 0.3 is 12.0 Å². The van der Waals surface area contributed by atoms with Gasteiger partial charge in [0.1, 0.15) is 12.1 Å². The molecule has 2 aliphatic rings. The molecule has 0 unspecified atom stereocenters. The minimum Gasteiger partial charge on any atom is -0.481 e. The number of urea groups is 1. The molecule has 0 saturated carbocycles. The van der Waals surface area contributed by atoms with Gasteiger partial charge in [-0.25, -0.2) is 4.79 Å². The van der Waals surface area contributed by atoms with Crippen molar-refractivity contribution in [1.29, 1.82) is 0 Å². The predicted molar refractivity (Wildman–Crippen MR) is 168 cm³/mol. The van der Waals surface area contributed by atoms with Crippen LogP contribution in [0.3, 0.4) is 0 Å². The zero-order chi connectivity index (χ0) is 33.8. The summed E-state index contributed by atoms with van der Waals surface area (Å²) in [6, 6.07) is 3.92. The van der Waals surface area contributed by atoms with Crippen LogP contribution in [0.1, 0.15) is 75.8 Å². The van der Waals surface area contributed by atoms with Crippen molar-refractivity contribution in [2.75, 3.05) is 13.1 Å². The maximum absolute atomic E-state index is 13.9. The molecule has 0 bridgehead atoms. The highest BCUT2D eigenvalue weighted by Crippen LogP contribution is 2.31. The Morgan fingerprint density at radius 1 is 1.00 bits per heavy atom. The summed E-state index contributed by atoms with van der Waals surface area (Å²) in [6.07, 6.45) is 4.23. The number of fused-ring (bicyclic) bond motifs is 1. The number of amides is 6. The molecular weight excluding hydrogens is 596 g/mol. The number of carbonyl (C=O) groups is 7. The lowest BCUT2D eigenvalue weighted by atomic mass is 9.89. The first kappa shape index (κ1) is 35.7. The molecule has 8 N–H and O–H groups in total. The van der Waals surface area contributed by atoms with Crippen LogP contribution in [0.15, 0.2) is 30.3 Å². The molecule has 0 spiro atoms. The van der Waals surface area contributed by atoms with Crippen LogP contribution < -0.4 is 27.4 Å². The van der Waals surface area contributed by atoms with Crippen molar-refractivity contribution in [2.24, 2.45) is 17.4 Å². The number of likely N-dealkylation sites (tertiary alicyclic amines) is 1. The number of hydrogen-bond acceptors (Lipinski definition) is 7. The number of hydrogen-bond donors (Lipinski definition) is 6. The lowest BCUT2D eigenvalue weighted by Crippen LogP contribution is -2.59. The van der Waals surface area contributed by atoms with Crippen LogP contribution in [0.4, 0.5) is 4.79 Å². The van der Waals surface area contributed by atoms with Crippen LogP contribution in [0.25, 0.3) is 5.57 Å². The van der Waals surface area contributed by atoms with E-state index in [1.165, 1.54) is 11.8 Å². The van der Waals surface area contributed by atoms with Gasteiger partial charge in [-0.15, -0.1) is 0 Å². The molecular formula is C32H44N6O8. The summed E-state index contributed by atoms with van der Waals surface area (Å²) in [6.45, 7) is 1.65. The fourth-order valence-corrected chi connectivity index (χ4v) is 6.01. The third kappa shape index (κ3) is 10.4. The molecule has 3 rings (SSSR count). The summed E-state index contributed by atoms with van der Waals surface area (Å²) in [5.41, 5.74) is 13.6. The number of benzene rings is 1. The molecule has 4 atom stereocenters. The van der Waals surface area contributed by atoms with Crippen LogP contribution >= 0.6 is 0 Å². The maximum atomic E-state index is 13.9. The van der Waals surface area contributed by atoms with Crippen molar-refractivity contribution in [3.8, 4) is 0 Å². The average Bonchev–Trinajstić information content (AvgIpc) is 3.42. The van der Waals surface area contributed by atoms with E-state index in [2.05, 4.69) is 16.0 Å². The van der Waals surface area contributed by atoms with E-state index >= 15 is 0 Å². The van der Waals surface area contributed by atoms with Crippen LogP contribution in [0.2, 0.25) is 0 Å². The largest absolute Gasteiger partial charge is 0.481 e. The van der Waals surface area contributed by atoms with Gasteiger partial charge in [-0.1, -0.05) is 30.3 Å². The van der Waals surface area contributed by atoms with Crippen LogP contribution in [0, 0.1) is 5.92 Å². The van der Waals surface area contributed by atoms with Gasteiger partial charge in [-0.05, 0) is 61.6 Å². The molecule has 1 saturated heterocycles. The predicted octanol–water partition coefficient (Wildman–Crippen LogP) is 0.761. The quantitative estimate of drug-likeness (QED) is 0.133. The summed E-state index contributed by atoms with van der Waals surface area (Å²) >= 11 is 0. The average molecular weight is 641 g/mol. The Labute approximate surface area is 267 Å². The third-order valence-corrected chi connectivity index (χ3v) is 8.35. The van der Waals surface area contributed by atoms with Gasteiger partial charge in [-0.2, -0.15) is 0 Å². The number of carbonyl (C=O) groups excluding carboxylic acids is 6. The molecule has 46 heavy (non-hydrogen) atoms. The second-order valence-electron chi connectivity index (χ2n) is 11.8. The van der Waals surface area contributed by atoms with Gasteiger partial charge in [0.25, 0.3) is 0 Å². The molecule has 1 fully saturated rings. The van der Waals surface area contributed by atoms with Gasteiger partial charge < -0.3 is 37.4 Å². The fourth-order valence-electron chi connectivity index (χ4n) is 6.01. The number of aliphatic carboxylic acids is 1. The van der Waals surface area contributed by atoms with Crippen LogP contribution in [-0.2, 0) is 35.2 Å². The zero-order valence-electron chi connectivity index (χ0n) is 26.1. The fraction of sp³-hybridized carbons (Fsp3) is 0.531. The number of carboxylic acid groups (broad SMARTS) is 1. The minimum absolute atomic E-state index is 0.142. The van der Waals surface area contributed by atoms with Crippen molar-refractivity contribution < 1.29 is 38.7 Å². The Bertz CT molecular complexity index is 1360. The van der Waals surface area contributed by atoms with Crippen LogP contribution in [-0.4, -0.2) is 82.6 Å². The molecule has 6 amide bonds. The van der Waals surface area contributed by atoms with Gasteiger partial charge in [0.05, 0.1) is 6.04 Å². The zero-order valence-corrected chi connectivity index (χ0v) is 26.1. The molecule has 14 heteroatoms. The third-order valence-electron chi connectivity index (χ3n) is 8.35. The maximum Gasteiger partial charge on any atom is 0.312 e. The number of ketones is 1. The van der Waals surface area contributed by atoms with Gasteiger partial charge in [0.15, 0.2) is 5.78 Å². The molecule has 1 heterocycles. The van der Waals surface area contributed by atoms with Gasteiger partial charge in [0, 0.05) is 45.2 Å². The van der Waals surface area contributed by atoms with Crippen molar-refractivity contribution in [2.45, 2.75) is 89.3 Å². The monoisotopic (exact) mass is 640 g/mol. The van der Waals surface area contributed by atoms with E-state index < -0.39 is 65.5 Å². The first-order chi connectivity index (χ1) is 21.9. The second-order valence-corrected chi connectivity index (χ2v) is 11.8. The normalized spacial score (nSPS) is 17.5. The molecule has 1 aliphatic carbocycles. The first-order valence-corrected chi connectivity index (χ1v) is 15.6. The van der Waals surface area contributed by atoms with Gasteiger partial charge in [-0.3, -0.25) is 28.8 Å². The number of primary amides is 2. The summed E-state index contributed by atoms with van der Waals surface area (Å²) in [7, 11) is 0. The smallest absolute Gasteiger partial charge is 0.312 e. The van der Waals surface area contributed by atoms with E-state index in [9.17, 15) is 33.6 Å². The molecule has 250 valence electrons. The SMILES string of the molecule is CC(=O)N[C@@H](CCC(=O)O)C(=O)N1CCCC[C@H]1C(=O)N[C@@H](CC1=CCc2ccccc21)C(=O)C[C@@H](CCCNC(N)=O)C(N)=O. The van der Waals surface area contributed by atoms with E-state index in [-0.39, 0.29) is 45.2 Å². The number of rotatable bonds is 17. The molecule has 0 radical (unpaired) electrons. The number of piperidine rings is 1. The van der Waals surface area contributed by atoms with E-state index in [0.717, 1.165) is 16.7 Å². The Kier molecular flexibility index (Phi) is 13.3. The number of carboxylic acids is 1. The van der Waals surface area contributed by atoms with Crippen molar-refractivity contribution in [3.63, 3.8) is 0 Å². The number of allylic oxidation sites excluding steroid dienone is 1. The van der Waals surface area contributed by atoms with Crippen LogP contribution in [0.5, 0.6) is 0 Å².